The number of rotatable bonds is 7. The number of carbonyl (C=O) groups excluding carboxylic acids is 2. The molecule has 0 bridgehead atoms. The van der Waals surface area contributed by atoms with E-state index in [-0.39, 0.29) is 17.6 Å². The molecule has 0 saturated heterocycles. The van der Waals surface area contributed by atoms with Crippen molar-refractivity contribution in [3.8, 4) is 0 Å². The number of hydrogen-bond donors (Lipinski definition) is 2. The Balaban J connectivity index is 1.48. The number of aryl methyl sites for hydroxylation is 1. The minimum Gasteiger partial charge on any atom is -0.325 e. The van der Waals surface area contributed by atoms with E-state index in [1.54, 1.807) is 36.4 Å². The van der Waals surface area contributed by atoms with E-state index >= 15 is 0 Å². The fourth-order valence-corrected chi connectivity index (χ4v) is 3.02. The van der Waals surface area contributed by atoms with Gasteiger partial charge in [-0.2, -0.15) is 0 Å². The van der Waals surface area contributed by atoms with E-state index in [9.17, 15) is 9.59 Å². The molecule has 2 N–H and O–H groups in total. The highest BCUT2D eigenvalue weighted by atomic mass is 32.2. The SMILES string of the molecule is CCc1ccc(NC(=O)CSc2ccc(NC(=O)c3ccccc3)nn2)cc1. The zero-order chi connectivity index (χ0) is 19.8. The quantitative estimate of drug-likeness (QED) is 0.593. The average molecular weight is 392 g/mol. The number of nitrogens with zero attached hydrogens (tertiary/aromatic N) is 2. The Kier molecular flexibility index (Phi) is 6.75. The summed E-state index contributed by atoms with van der Waals surface area (Å²) in [5, 5.41) is 14.2. The summed E-state index contributed by atoms with van der Waals surface area (Å²) in [6.45, 7) is 2.09. The van der Waals surface area contributed by atoms with Crippen LogP contribution < -0.4 is 10.6 Å². The van der Waals surface area contributed by atoms with Crippen molar-refractivity contribution < 1.29 is 9.59 Å². The van der Waals surface area contributed by atoms with Crippen molar-refractivity contribution in [3.63, 3.8) is 0 Å². The predicted octanol–water partition coefficient (Wildman–Crippen LogP) is 4.02. The average Bonchev–Trinajstić information content (AvgIpc) is 2.74. The molecule has 2 amide bonds. The fourth-order valence-electron chi connectivity index (χ4n) is 2.40. The van der Waals surface area contributed by atoms with Crippen molar-refractivity contribution in [2.24, 2.45) is 0 Å². The lowest BCUT2D eigenvalue weighted by Gasteiger charge is -2.06. The Labute approximate surface area is 167 Å². The molecule has 0 radical (unpaired) electrons. The lowest BCUT2D eigenvalue weighted by molar-refractivity contribution is -0.113. The normalized spacial score (nSPS) is 10.3. The smallest absolute Gasteiger partial charge is 0.256 e. The van der Waals surface area contributed by atoms with Gasteiger partial charge < -0.3 is 10.6 Å². The Morgan fingerprint density at radius 3 is 2.29 bits per heavy atom. The lowest BCUT2D eigenvalue weighted by Crippen LogP contribution is -2.14. The first kappa shape index (κ1) is 19.6. The zero-order valence-electron chi connectivity index (χ0n) is 15.4. The summed E-state index contributed by atoms with van der Waals surface area (Å²) in [7, 11) is 0. The largest absolute Gasteiger partial charge is 0.325 e. The molecule has 0 spiro atoms. The molecule has 3 rings (SSSR count). The molecule has 0 fully saturated rings. The molecular weight excluding hydrogens is 372 g/mol. The summed E-state index contributed by atoms with van der Waals surface area (Å²) in [6, 6.07) is 20.1. The van der Waals surface area contributed by atoms with Crippen LogP contribution in [0.2, 0.25) is 0 Å². The zero-order valence-corrected chi connectivity index (χ0v) is 16.2. The number of nitrogens with one attached hydrogen (secondary N) is 2. The van der Waals surface area contributed by atoms with Gasteiger partial charge in [-0.15, -0.1) is 10.2 Å². The van der Waals surface area contributed by atoms with Crippen molar-refractivity contribution in [2.75, 3.05) is 16.4 Å². The summed E-state index contributed by atoms with van der Waals surface area (Å²) in [5.41, 5.74) is 2.54. The molecule has 1 heterocycles. The van der Waals surface area contributed by atoms with Crippen LogP contribution in [0.4, 0.5) is 11.5 Å². The Morgan fingerprint density at radius 1 is 0.893 bits per heavy atom. The molecule has 0 aliphatic rings. The van der Waals surface area contributed by atoms with Gasteiger partial charge in [0.15, 0.2) is 5.82 Å². The number of amides is 2. The van der Waals surface area contributed by atoms with Crippen LogP contribution >= 0.6 is 11.8 Å². The van der Waals surface area contributed by atoms with Gasteiger partial charge in [0, 0.05) is 11.3 Å². The van der Waals surface area contributed by atoms with Crippen molar-refractivity contribution in [3.05, 3.63) is 77.9 Å². The molecule has 1 aromatic heterocycles. The number of thioether (sulfide) groups is 1. The molecule has 0 atom stereocenters. The van der Waals surface area contributed by atoms with Gasteiger partial charge in [-0.3, -0.25) is 9.59 Å². The molecule has 6 nitrogen and oxygen atoms in total. The summed E-state index contributed by atoms with van der Waals surface area (Å²) >= 11 is 1.28. The molecule has 0 aliphatic heterocycles. The molecule has 0 aliphatic carbocycles. The Bertz CT molecular complexity index is 929. The number of carbonyl (C=O) groups is 2. The molecule has 7 heteroatoms. The van der Waals surface area contributed by atoms with Crippen molar-refractivity contribution >= 4 is 35.1 Å². The predicted molar refractivity (Wildman–Crippen MR) is 112 cm³/mol. The van der Waals surface area contributed by atoms with Gasteiger partial charge in [0.25, 0.3) is 5.91 Å². The molecule has 28 heavy (non-hydrogen) atoms. The maximum Gasteiger partial charge on any atom is 0.256 e. The van der Waals surface area contributed by atoms with E-state index in [1.165, 1.54) is 17.3 Å². The highest BCUT2D eigenvalue weighted by Gasteiger charge is 2.08. The number of aromatic nitrogens is 2. The van der Waals surface area contributed by atoms with Crippen molar-refractivity contribution in [1.29, 1.82) is 0 Å². The van der Waals surface area contributed by atoms with Crippen LogP contribution in [0.25, 0.3) is 0 Å². The van der Waals surface area contributed by atoms with Gasteiger partial charge in [-0.1, -0.05) is 49.0 Å². The van der Waals surface area contributed by atoms with E-state index in [1.807, 2.05) is 30.3 Å². The summed E-state index contributed by atoms with van der Waals surface area (Å²) < 4.78 is 0. The maximum atomic E-state index is 12.1. The first-order valence-corrected chi connectivity index (χ1v) is 9.84. The Morgan fingerprint density at radius 2 is 1.64 bits per heavy atom. The van der Waals surface area contributed by atoms with Crippen LogP contribution in [0.15, 0.2) is 71.8 Å². The fraction of sp³-hybridized carbons (Fsp3) is 0.143. The maximum absolute atomic E-state index is 12.1. The van der Waals surface area contributed by atoms with Crippen molar-refractivity contribution in [1.82, 2.24) is 10.2 Å². The third kappa shape index (κ3) is 5.65. The van der Waals surface area contributed by atoms with Gasteiger partial charge in [0.05, 0.1) is 5.75 Å². The van der Waals surface area contributed by atoms with Gasteiger partial charge in [-0.25, -0.2) is 0 Å². The van der Waals surface area contributed by atoms with Gasteiger partial charge in [0.2, 0.25) is 5.91 Å². The molecular formula is C21H20N4O2S. The third-order valence-electron chi connectivity index (χ3n) is 3.91. The van der Waals surface area contributed by atoms with E-state index in [0.717, 1.165) is 12.1 Å². The van der Waals surface area contributed by atoms with E-state index in [2.05, 4.69) is 27.8 Å². The van der Waals surface area contributed by atoms with E-state index < -0.39 is 0 Å². The first-order chi connectivity index (χ1) is 13.6. The van der Waals surface area contributed by atoms with Crippen LogP contribution in [0.3, 0.4) is 0 Å². The molecule has 3 aromatic rings. The molecule has 142 valence electrons. The second kappa shape index (κ2) is 9.66. The number of anilines is 2. The standard InChI is InChI=1S/C21H20N4O2S/c1-2-15-8-10-17(11-9-15)22-19(26)14-28-20-13-12-18(24-25-20)23-21(27)16-6-4-3-5-7-16/h3-13H,2,14H2,1H3,(H,22,26)(H,23,24,27). The highest BCUT2D eigenvalue weighted by Crippen LogP contribution is 2.17. The van der Waals surface area contributed by atoms with Crippen molar-refractivity contribution in [2.45, 2.75) is 18.4 Å². The highest BCUT2D eigenvalue weighted by molar-refractivity contribution is 7.99. The minimum absolute atomic E-state index is 0.113. The molecule has 0 unspecified atom stereocenters. The monoisotopic (exact) mass is 392 g/mol. The van der Waals surface area contributed by atoms with Gasteiger partial charge in [0.1, 0.15) is 5.03 Å². The van der Waals surface area contributed by atoms with Gasteiger partial charge in [-0.05, 0) is 48.4 Å². The summed E-state index contributed by atoms with van der Waals surface area (Å²) in [4.78, 5) is 24.2. The minimum atomic E-state index is -0.247. The number of hydrogen-bond acceptors (Lipinski definition) is 5. The van der Waals surface area contributed by atoms with Crippen LogP contribution in [-0.4, -0.2) is 27.8 Å². The van der Waals surface area contributed by atoms with Crippen LogP contribution in [0, 0.1) is 0 Å². The molecule has 2 aromatic carbocycles. The lowest BCUT2D eigenvalue weighted by atomic mass is 10.1. The van der Waals surface area contributed by atoms with Gasteiger partial charge >= 0.3 is 0 Å². The van der Waals surface area contributed by atoms with E-state index in [0.29, 0.717) is 16.4 Å². The first-order valence-electron chi connectivity index (χ1n) is 8.86. The van der Waals surface area contributed by atoms with Crippen LogP contribution in [0.1, 0.15) is 22.8 Å². The Hall–Kier alpha value is -3.19. The summed E-state index contributed by atoms with van der Waals surface area (Å²) in [5.74, 6) is 0.222. The summed E-state index contributed by atoms with van der Waals surface area (Å²) in [6.07, 6.45) is 0.963. The second-order valence-corrected chi connectivity index (χ2v) is 6.96. The molecule has 0 saturated carbocycles. The number of benzene rings is 2. The van der Waals surface area contributed by atoms with Crippen LogP contribution in [-0.2, 0) is 11.2 Å². The topological polar surface area (TPSA) is 84.0 Å². The second-order valence-electron chi connectivity index (χ2n) is 5.96. The van der Waals surface area contributed by atoms with Crippen LogP contribution in [0.5, 0.6) is 0 Å². The third-order valence-corrected chi connectivity index (χ3v) is 4.83. The van der Waals surface area contributed by atoms with E-state index in [4.69, 9.17) is 0 Å².